The molecular weight excluding hydrogens is 252 g/mol. The molecule has 4 nitrogen and oxygen atoms in total. The molecule has 2 rings (SSSR count). The van der Waals surface area contributed by atoms with Crippen molar-refractivity contribution in [1.82, 2.24) is 10.3 Å². The van der Waals surface area contributed by atoms with Gasteiger partial charge in [-0.15, -0.1) is 0 Å². The maximum Gasteiger partial charge on any atom is 0.194 e. The molecule has 1 N–H and O–H groups in total. The molecule has 1 aliphatic rings. The Morgan fingerprint density at radius 1 is 1.45 bits per heavy atom. The van der Waals surface area contributed by atoms with Gasteiger partial charge in [-0.1, -0.05) is 20.8 Å². The Hall–Kier alpha value is -0.870. The minimum Gasteiger partial charge on any atom is -0.445 e. The lowest BCUT2D eigenvalue weighted by atomic mass is 9.97. The zero-order chi connectivity index (χ0) is 14.4. The third kappa shape index (κ3) is 4.32. The van der Waals surface area contributed by atoms with Crippen molar-refractivity contribution >= 4 is 0 Å². The van der Waals surface area contributed by atoms with Gasteiger partial charge in [-0.3, -0.25) is 0 Å². The largest absolute Gasteiger partial charge is 0.445 e. The molecule has 1 aromatic heterocycles. The van der Waals surface area contributed by atoms with Crippen molar-refractivity contribution in [3.05, 3.63) is 17.8 Å². The Kier molecular flexibility index (Phi) is 6.05. The summed E-state index contributed by atoms with van der Waals surface area (Å²) >= 11 is 0. The summed E-state index contributed by atoms with van der Waals surface area (Å²) in [5.74, 6) is 2.99. The number of ether oxygens (including phenoxy) is 1. The van der Waals surface area contributed by atoms with Crippen LogP contribution in [0.2, 0.25) is 0 Å². The van der Waals surface area contributed by atoms with Gasteiger partial charge in [0, 0.05) is 18.9 Å². The normalized spacial score (nSPS) is 22.8. The molecule has 4 heteroatoms. The third-order valence-corrected chi connectivity index (χ3v) is 3.85. The van der Waals surface area contributed by atoms with Crippen LogP contribution in [0.5, 0.6) is 0 Å². The quantitative estimate of drug-likeness (QED) is 0.743. The summed E-state index contributed by atoms with van der Waals surface area (Å²) in [5.41, 5.74) is 0. The van der Waals surface area contributed by atoms with Crippen molar-refractivity contribution in [2.75, 3.05) is 19.7 Å². The van der Waals surface area contributed by atoms with E-state index in [1.807, 2.05) is 6.20 Å². The van der Waals surface area contributed by atoms with Crippen LogP contribution in [0.25, 0.3) is 0 Å². The maximum atomic E-state index is 5.91. The van der Waals surface area contributed by atoms with Gasteiger partial charge in [0.25, 0.3) is 0 Å². The molecule has 114 valence electrons. The van der Waals surface area contributed by atoms with Crippen molar-refractivity contribution in [2.24, 2.45) is 5.92 Å². The van der Waals surface area contributed by atoms with Gasteiger partial charge in [-0.05, 0) is 38.3 Å². The van der Waals surface area contributed by atoms with Gasteiger partial charge in [-0.2, -0.15) is 0 Å². The lowest BCUT2D eigenvalue weighted by Crippen LogP contribution is -2.21. The van der Waals surface area contributed by atoms with E-state index >= 15 is 0 Å². The van der Waals surface area contributed by atoms with Crippen molar-refractivity contribution in [2.45, 2.75) is 58.5 Å². The van der Waals surface area contributed by atoms with Crippen molar-refractivity contribution in [3.8, 4) is 0 Å². The van der Waals surface area contributed by atoms with Gasteiger partial charge >= 0.3 is 0 Å². The zero-order valence-corrected chi connectivity index (χ0v) is 13.0. The molecular formula is C16H28N2O2. The fraction of sp³-hybridized carbons (Fsp3) is 0.812. The molecule has 0 aliphatic carbocycles. The van der Waals surface area contributed by atoms with Crippen LogP contribution in [-0.4, -0.2) is 30.8 Å². The number of aryl methyl sites for hydroxylation is 1. The van der Waals surface area contributed by atoms with Crippen LogP contribution in [-0.2, 0) is 11.2 Å². The molecule has 1 saturated heterocycles. The summed E-state index contributed by atoms with van der Waals surface area (Å²) in [6, 6.07) is 0. The van der Waals surface area contributed by atoms with E-state index in [-0.39, 0.29) is 0 Å². The van der Waals surface area contributed by atoms with Gasteiger partial charge in [0.15, 0.2) is 5.89 Å². The molecule has 20 heavy (non-hydrogen) atoms. The van der Waals surface area contributed by atoms with Crippen LogP contribution in [0.4, 0.5) is 0 Å². The minimum absolute atomic E-state index is 0.309. The molecule has 1 aliphatic heterocycles. The highest BCUT2D eigenvalue weighted by Gasteiger charge is 2.30. The van der Waals surface area contributed by atoms with E-state index in [1.54, 1.807) is 0 Å². The van der Waals surface area contributed by atoms with E-state index in [1.165, 1.54) is 0 Å². The van der Waals surface area contributed by atoms with Crippen LogP contribution >= 0.6 is 0 Å². The predicted octanol–water partition coefficient (Wildman–Crippen LogP) is 3.14. The van der Waals surface area contributed by atoms with E-state index in [2.05, 4.69) is 31.1 Å². The molecule has 0 spiro atoms. The molecule has 1 aromatic rings. The van der Waals surface area contributed by atoms with Crippen molar-refractivity contribution in [3.63, 3.8) is 0 Å². The molecule has 0 aromatic carbocycles. The Labute approximate surface area is 122 Å². The number of hydrogen-bond acceptors (Lipinski definition) is 4. The van der Waals surface area contributed by atoms with E-state index < -0.39 is 0 Å². The van der Waals surface area contributed by atoms with E-state index in [4.69, 9.17) is 9.15 Å². The molecule has 0 bridgehead atoms. The lowest BCUT2D eigenvalue weighted by Gasteiger charge is -2.13. The fourth-order valence-corrected chi connectivity index (χ4v) is 2.74. The van der Waals surface area contributed by atoms with Crippen LogP contribution in [0, 0.1) is 5.92 Å². The first-order valence-electron chi connectivity index (χ1n) is 7.97. The number of oxazole rings is 1. The van der Waals surface area contributed by atoms with Gasteiger partial charge in [0.2, 0.25) is 0 Å². The predicted molar refractivity (Wildman–Crippen MR) is 79.9 cm³/mol. The summed E-state index contributed by atoms with van der Waals surface area (Å²) in [5, 5.41) is 3.44. The average molecular weight is 280 g/mol. The minimum atomic E-state index is 0.309. The Morgan fingerprint density at radius 2 is 2.30 bits per heavy atom. The highest BCUT2D eigenvalue weighted by molar-refractivity contribution is 5.06. The number of nitrogens with one attached hydrogen (secondary N) is 1. The summed E-state index contributed by atoms with van der Waals surface area (Å²) in [7, 11) is 0. The Balaban J connectivity index is 1.75. The fourth-order valence-electron chi connectivity index (χ4n) is 2.74. The molecule has 2 atom stereocenters. The van der Waals surface area contributed by atoms with Crippen LogP contribution in [0.1, 0.15) is 57.6 Å². The zero-order valence-electron chi connectivity index (χ0n) is 13.0. The van der Waals surface area contributed by atoms with Crippen molar-refractivity contribution in [1.29, 1.82) is 0 Å². The number of hydrogen-bond donors (Lipinski definition) is 1. The Bertz CT molecular complexity index is 390. The van der Waals surface area contributed by atoms with Crippen molar-refractivity contribution < 1.29 is 9.15 Å². The van der Waals surface area contributed by atoms with Gasteiger partial charge in [-0.25, -0.2) is 4.98 Å². The van der Waals surface area contributed by atoms with Crippen LogP contribution < -0.4 is 5.32 Å². The summed E-state index contributed by atoms with van der Waals surface area (Å²) in [4.78, 5) is 4.41. The monoisotopic (exact) mass is 280 g/mol. The second kappa shape index (κ2) is 7.79. The second-order valence-corrected chi connectivity index (χ2v) is 6.07. The molecule has 0 saturated carbocycles. The number of nitrogens with zero attached hydrogens (tertiary/aromatic N) is 1. The van der Waals surface area contributed by atoms with E-state index in [0.29, 0.717) is 17.9 Å². The van der Waals surface area contributed by atoms with Crippen LogP contribution in [0.3, 0.4) is 0 Å². The highest BCUT2D eigenvalue weighted by atomic mass is 16.5. The van der Waals surface area contributed by atoms with Crippen LogP contribution in [0.15, 0.2) is 10.6 Å². The maximum absolute atomic E-state index is 5.91. The number of aromatic nitrogens is 1. The van der Waals surface area contributed by atoms with E-state index in [0.717, 1.165) is 57.0 Å². The van der Waals surface area contributed by atoms with E-state index in [9.17, 15) is 0 Å². The summed E-state index contributed by atoms with van der Waals surface area (Å²) in [6.07, 6.45) is 6.30. The summed E-state index contributed by atoms with van der Waals surface area (Å²) < 4.78 is 11.6. The first kappa shape index (κ1) is 15.5. The molecule has 2 unspecified atom stereocenters. The standard InChI is InChI=1S/C16H28N2O2/c1-4-14-13(7-9-19-14)15-11-18-16(20-15)6-5-8-17-10-12(2)3/h11-14,17H,4-10H2,1-3H3. The summed E-state index contributed by atoms with van der Waals surface area (Å²) in [6.45, 7) is 9.57. The first-order valence-corrected chi connectivity index (χ1v) is 7.97. The Morgan fingerprint density at radius 3 is 3.05 bits per heavy atom. The van der Waals surface area contributed by atoms with Gasteiger partial charge in [0.05, 0.1) is 12.3 Å². The lowest BCUT2D eigenvalue weighted by molar-refractivity contribution is 0.0971. The second-order valence-electron chi connectivity index (χ2n) is 6.07. The molecule has 0 radical (unpaired) electrons. The number of rotatable bonds is 8. The first-order chi connectivity index (χ1) is 9.70. The third-order valence-electron chi connectivity index (χ3n) is 3.85. The molecule has 1 fully saturated rings. The highest BCUT2D eigenvalue weighted by Crippen LogP contribution is 2.33. The SMILES string of the molecule is CCC1OCCC1c1cnc(CCCNCC(C)C)o1. The molecule has 0 amide bonds. The topological polar surface area (TPSA) is 47.3 Å². The average Bonchev–Trinajstić information content (AvgIpc) is 3.05. The van der Waals surface area contributed by atoms with Gasteiger partial charge < -0.3 is 14.5 Å². The van der Waals surface area contributed by atoms with Gasteiger partial charge in [0.1, 0.15) is 5.76 Å². The molecule has 2 heterocycles. The smallest absolute Gasteiger partial charge is 0.194 e.